The molecule has 7 heteroatoms. The van der Waals surface area contributed by atoms with Crippen LogP contribution in [0.15, 0.2) is 47.5 Å². The Hall–Kier alpha value is -2.96. The van der Waals surface area contributed by atoms with Crippen molar-refractivity contribution in [3.05, 3.63) is 70.8 Å². The number of nitrogens with one attached hydrogen (secondary N) is 2. The minimum absolute atomic E-state index is 0.131. The van der Waals surface area contributed by atoms with Crippen LogP contribution in [0.5, 0.6) is 0 Å². The molecule has 29 heavy (non-hydrogen) atoms. The molecule has 5 nitrogen and oxygen atoms in total. The van der Waals surface area contributed by atoms with E-state index in [0.29, 0.717) is 32.0 Å². The zero-order chi connectivity index (χ0) is 20.6. The maximum Gasteiger partial charge on any atom is 0.222 e. The van der Waals surface area contributed by atoms with Gasteiger partial charge in [-0.05, 0) is 42.7 Å². The van der Waals surface area contributed by atoms with Gasteiger partial charge in [-0.2, -0.15) is 0 Å². The van der Waals surface area contributed by atoms with Crippen LogP contribution in [-0.4, -0.2) is 29.9 Å². The second-order valence-electron chi connectivity index (χ2n) is 7.02. The summed E-state index contributed by atoms with van der Waals surface area (Å²) < 4.78 is 27.1. The number of nitrogens with zero attached hydrogens (tertiary/aromatic N) is 2. The van der Waals surface area contributed by atoms with Gasteiger partial charge in [-0.1, -0.05) is 24.3 Å². The number of carbonyl (C=O) groups excluding carboxylic acids is 1. The minimum Gasteiger partial charge on any atom is -0.357 e. The molecule has 1 amide bonds. The summed E-state index contributed by atoms with van der Waals surface area (Å²) in [5.41, 5.74) is 2.34. The Morgan fingerprint density at radius 1 is 1.14 bits per heavy atom. The number of likely N-dealkylation sites (tertiary alicyclic amines) is 1. The SMILES string of the molecule is CCNC(=NCc1cccc(CN2CCCC2=O)c1)NCc1cc(F)ccc1F. The second kappa shape index (κ2) is 10.0. The number of benzene rings is 2. The van der Waals surface area contributed by atoms with E-state index in [-0.39, 0.29) is 18.0 Å². The van der Waals surface area contributed by atoms with Crippen LogP contribution in [-0.2, 0) is 24.4 Å². The molecule has 0 spiro atoms. The number of amides is 1. The molecule has 1 heterocycles. The van der Waals surface area contributed by atoms with Crippen molar-refractivity contribution in [1.29, 1.82) is 0 Å². The van der Waals surface area contributed by atoms with Crippen molar-refractivity contribution in [2.75, 3.05) is 13.1 Å². The van der Waals surface area contributed by atoms with Crippen LogP contribution in [0.25, 0.3) is 0 Å². The average Bonchev–Trinajstić information content (AvgIpc) is 3.11. The Labute approximate surface area is 169 Å². The molecule has 1 fully saturated rings. The van der Waals surface area contributed by atoms with E-state index in [1.54, 1.807) is 0 Å². The zero-order valence-corrected chi connectivity index (χ0v) is 16.5. The summed E-state index contributed by atoms with van der Waals surface area (Å²) in [5, 5.41) is 6.14. The van der Waals surface area contributed by atoms with Crippen LogP contribution in [0, 0.1) is 11.6 Å². The summed E-state index contributed by atoms with van der Waals surface area (Å²) in [5.74, 6) is -0.203. The first-order valence-electron chi connectivity index (χ1n) is 9.87. The van der Waals surface area contributed by atoms with Gasteiger partial charge in [-0.25, -0.2) is 13.8 Å². The van der Waals surface area contributed by atoms with Crippen LogP contribution in [0.3, 0.4) is 0 Å². The number of carbonyl (C=O) groups is 1. The van der Waals surface area contributed by atoms with Crippen molar-refractivity contribution in [3.63, 3.8) is 0 Å². The lowest BCUT2D eigenvalue weighted by Gasteiger charge is -2.16. The van der Waals surface area contributed by atoms with Crippen molar-refractivity contribution in [1.82, 2.24) is 15.5 Å². The first kappa shape index (κ1) is 20.8. The van der Waals surface area contributed by atoms with E-state index in [9.17, 15) is 13.6 Å². The largest absolute Gasteiger partial charge is 0.357 e. The summed E-state index contributed by atoms with van der Waals surface area (Å²) in [6.45, 7) is 4.58. The lowest BCUT2D eigenvalue weighted by molar-refractivity contribution is -0.128. The van der Waals surface area contributed by atoms with Gasteiger partial charge in [0, 0.05) is 38.2 Å². The van der Waals surface area contributed by atoms with E-state index < -0.39 is 11.6 Å². The maximum atomic E-state index is 13.8. The summed E-state index contributed by atoms with van der Waals surface area (Å²) in [6, 6.07) is 11.4. The lowest BCUT2D eigenvalue weighted by atomic mass is 10.1. The molecule has 0 bridgehead atoms. The molecule has 0 aliphatic carbocycles. The number of aliphatic imine (C=N–C) groups is 1. The maximum absolute atomic E-state index is 13.8. The quantitative estimate of drug-likeness (QED) is 0.554. The minimum atomic E-state index is -0.474. The third-order valence-electron chi connectivity index (χ3n) is 4.75. The highest BCUT2D eigenvalue weighted by Gasteiger charge is 2.19. The van der Waals surface area contributed by atoms with Gasteiger partial charge < -0.3 is 15.5 Å². The van der Waals surface area contributed by atoms with E-state index in [1.807, 2.05) is 36.1 Å². The van der Waals surface area contributed by atoms with Crippen LogP contribution in [0.1, 0.15) is 36.5 Å². The number of halogens is 2. The zero-order valence-electron chi connectivity index (χ0n) is 16.5. The van der Waals surface area contributed by atoms with E-state index in [1.165, 1.54) is 6.07 Å². The molecule has 3 rings (SSSR count). The molecule has 0 unspecified atom stereocenters. The monoisotopic (exact) mass is 400 g/mol. The van der Waals surface area contributed by atoms with Gasteiger partial charge in [-0.15, -0.1) is 0 Å². The fourth-order valence-corrected chi connectivity index (χ4v) is 3.29. The highest BCUT2D eigenvalue weighted by Crippen LogP contribution is 2.15. The van der Waals surface area contributed by atoms with Gasteiger partial charge in [-0.3, -0.25) is 4.79 Å². The van der Waals surface area contributed by atoms with Gasteiger partial charge in [0.05, 0.1) is 6.54 Å². The Bertz CT molecular complexity index is 885. The molecule has 1 aliphatic rings. The molecular formula is C22H26F2N4O. The van der Waals surface area contributed by atoms with Crippen LogP contribution in [0.4, 0.5) is 8.78 Å². The molecule has 0 atom stereocenters. The van der Waals surface area contributed by atoms with Crippen LogP contribution in [0.2, 0.25) is 0 Å². The molecule has 0 saturated carbocycles. The topological polar surface area (TPSA) is 56.7 Å². The van der Waals surface area contributed by atoms with Gasteiger partial charge >= 0.3 is 0 Å². The van der Waals surface area contributed by atoms with Crippen molar-refractivity contribution < 1.29 is 13.6 Å². The molecule has 2 aromatic carbocycles. The summed E-state index contributed by atoms with van der Waals surface area (Å²) >= 11 is 0. The fraction of sp³-hybridized carbons (Fsp3) is 0.364. The Morgan fingerprint density at radius 3 is 2.72 bits per heavy atom. The van der Waals surface area contributed by atoms with E-state index in [0.717, 1.165) is 36.2 Å². The number of rotatable bonds is 7. The predicted octanol–water partition coefficient (Wildman–Crippen LogP) is 3.34. The predicted molar refractivity (Wildman–Crippen MR) is 109 cm³/mol. The Balaban J connectivity index is 1.62. The van der Waals surface area contributed by atoms with Crippen molar-refractivity contribution >= 4 is 11.9 Å². The van der Waals surface area contributed by atoms with Gasteiger partial charge in [0.1, 0.15) is 11.6 Å². The highest BCUT2D eigenvalue weighted by atomic mass is 19.1. The smallest absolute Gasteiger partial charge is 0.222 e. The molecular weight excluding hydrogens is 374 g/mol. The lowest BCUT2D eigenvalue weighted by Crippen LogP contribution is -2.37. The van der Waals surface area contributed by atoms with E-state index in [2.05, 4.69) is 15.6 Å². The highest BCUT2D eigenvalue weighted by molar-refractivity contribution is 5.79. The fourth-order valence-electron chi connectivity index (χ4n) is 3.29. The average molecular weight is 400 g/mol. The molecule has 154 valence electrons. The molecule has 2 aromatic rings. The normalized spacial score (nSPS) is 14.4. The molecule has 0 aromatic heterocycles. The third kappa shape index (κ3) is 6.01. The van der Waals surface area contributed by atoms with Gasteiger partial charge in [0.25, 0.3) is 0 Å². The van der Waals surface area contributed by atoms with Crippen molar-refractivity contribution in [3.8, 4) is 0 Å². The standard InChI is InChI=1S/C22H26F2N4O/c1-2-25-22(27-14-18-12-19(23)8-9-20(18)24)26-13-16-5-3-6-17(11-16)15-28-10-4-7-21(28)29/h3,5-6,8-9,11-12H,2,4,7,10,13-15H2,1H3,(H2,25,26,27). The summed E-state index contributed by atoms with van der Waals surface area (Å²) in [6.07, 6.45) is 1.56. The van der Waals surface area contributed by atoms with Crippen molar-refractivity contribution in [2.45, 2.75) is 39.4 Å². The van der Waals surface area contributed by atoms with Crippen LogP contribution < -0.4 is 10.6 Å². The third-order valence-corrected chi connectivity index (χ3v) is 4.75. The first-order valence-corrected chi connectivity index (χ1v) is 9.87. The van der Waals surface area contributed by atoms with Crippen LogP contribution >= 0.6 is 0 Å². The molecule has 1 saturated heterocycles. The Kier molecular flexibility index (Phi) is 7.16. The number of hydrogen-bond donors (Lipinski definition) is 2. The van der Waals surface area contributed by atoms with Gasteiger partial charge in [0.15, 0.2) is 5.96 Å². The summed E-state index contributed by atoms with van der Waals surface area (Å²) in [7, 11) is 0. The number of guanidine groups is 1. The second-order valence-corrected chi connectivity index (χ2v) is 7.02. The molecule has 1 aliphatic heterocycles. The van der Waals surface area contributed by atoms with E-state index >= 15 is 0 Å². The molecule has 2 N–H and O–H groups in total. The number of hydrogen-bond acceptors (Lipinski definition) is 2. The van der Waals surface area contributed by atoms with E-state index in [4.69, 9.17) is 0 Å². The molecule has 0 radical (unpaired) electrons. The summed E-state index contributed by atoms with van der Waals surface area (Å²) in [4.78, 5) is 18.2. The Morgan fingerprint density at radius 2 is 1.97 bits per heavy atom. The first-order chi connectivity index (χ1) is 14.0. The van der Waals surface area contributed by atoms with Crippen molar-refractivity contribution in [2.24, 2.45) is 4.99 Å². The van der Waals surface area contributed by atoms with Gasteiger partial charge in [0.2, 0.25) is 5.91 Å².